The Hall–Kier alpha value is -2.62. The van der Waals surface area contributed by atoms with E-state index in [0.717, 1.165) is 39.0 Å². The van der Waals surface area contributed by atoms with Crippen LogP contribution in [0.25, 0.3) is 20.8 Å². The third-order valence-electron chi connectivity index (χ3n) is 4.21. The van der Waals surface area contributed by atoms with Gasteiger partial charge < -0.3 is 0 Å². The van der Waals surface area contributed by atoms with E-state index in [2.05, 4.69) is 9.71 Å². The quantitative estimate of drug-likeness (QED) is 0.375. The maximum Gasteiger partial charge on any atom is 0.416 e. The number of benzene rings is 3. The van der Waals surface area contributed by atoms with Crippen LogP contribution in [0, 0.1) is 0 Å². The molecular weight excluding hydrogens is 457 g/mol. The average molecular weight is 469 g/mol. The number of hydrogen-bond donors (Lipinski definition) is 1. The molecule has 154 valence electrons. The van der Waals surface area contributed by atoms with E-state index in [9.17, 15) is 21.6 Å². The molecule has 0 aliphatic carbocycles. The molecule has 0 saturated carbocycles. The Bertz CT molecular complexity index is 1330. The molecule has 30 heavy (non-hydrogen) atoms. The molecule has 4 rings (SSSR count). The zero-order valence-corrected chi connectivity index (χ0v) is 17.3. The number of aromatic nitrogens is 1. The first kappa shape index (κ1) is 20.6. The highest BCUT2D eigenvalue weighted by Gasteiger charge is 2.31. The summed E-state index contributed by atoms with van der Waals surface area (Å²) in [5.41, 5.74) is 0.764. The Labute approximate surface area is 179 Å². The van der Waals surface area contributed by atoms with Crippen molar-refractivity contribution in [1.29, 1.82) is 0 Å². The van der Waals surface area contributed by atoms with E-state index in [1.54, 1.807) is 18.2 Å². The molecule has 1 aromatic heterocycles. The molecule has 10 heteroatoms. The fourth-order valence-electron chi connectivity index (χ4n) is 2.76. The molecule has 0 fully saturated rings. The molecule has 0 radical (unpaired) electrons. The fourth-order valence-corrected chi connectivity index (χ4v) is 5.11. The van der Waals surface area contributed by atoms with Crippen LogP contribution in [0.4, 0.5) is 18.9 Å². The van der Waals surface area contributed by atoms with Crippen LogP contribution in [0.2, 0.25) is 5.02 Å². The second kappa shape index (κ2) is 7.57. The van der Waals surface area contributed by atoms with Gasteiger partial charge in [-0.15, -0.1) is 11.3 Å². The van der Waals surface area contributed by atoms with Gasteiger partial charge in [-0.25, -0.2) is 13.4 Å². The molecule has 0 aliphatic heterocycles. The van der Waals surface area contributed by atoms with Crippen molar-refractivity contribution in [3.63, 3.8) is 0 Å². The molecule has 0 saturated heterocycles. The minimum atomic E-state index is -4.63. The summed E-state index contributed by atoms with van der Waals surface area (Å²) >= 11 is 7.44. The summed E-state index contributed by atoms with van der Waals surface area (Å²) in [6, 6.07) is 15.4. The Morgan fingerprint density at radius 1 is 0.967 bits per heavy atom. The lowest BCUT2D eigenvalue weighted by atomic mass is 10.2. The van der Waals surface area contributed by atoms with Crippen LogP contribution in [0.3, 0.4) is 0 Å². The van der Waals surface area contributed by atoms with Gasteiger partial charge in [0.15, 0.2) is 0 Å². The molecule has 0 aliphatic rings. The molecule has 0 atom stereocenters. The van der Waals surface area contributed by atoms with Crippen molar-refractivity contribution in [2.45, 2.75) is 11.1 Å². The first-order valence-electron chi connectivity index (χ1n) is 8.48. The van der Waals surface area contributed by atoms with Gasteiger partial charge in [0, 0.05) is 16.3 Å². The molecule has 1 heterocycles. The van der Waals surface area contributed by atoms with Crippen LogP contribution in [-0.4, -0.2) is 13.4 Å². The normalized spacial score (nSPS) is 12.3. The van der Waals surface area contributed by atoms with Crippen molar-refractivity contribution >= 4 is 48.9 Å². The highest BCUT2D eigenvalue weighted by atomic mass is 35.5. The molecule has 0 unspecified atom stereocenters. The zero-order valence-electron chi connectivity index (χ0n) is 14.9. The van der Waals surface area contributed by atoms with Crippen molar-refractivity contribution in [3.05, 3.63) is 77.3 Å². The van der Waals surface area contributed by atoms with Crippen molar-refractivity contribution in [1.82, 2.24) is 4.98 Å². The summed E-state index contributed by atoms with van der Waals surface area (Å²) in [6.45, 7) is 0. The summed E-state index contributed by atoms with van der Waals surface area (Å²) in [7, 11) is -4.18. The Morgan fingerprint density at radius 3 is 2.40 bits per heavy atom. The number of alkyl halides is 3. The SMILES string of the molecule is O=S(=O)(Nc1ccc(-c2nc3ccc(Cl)cc3s2)cc1)c1cccc(C(F)(F)F)c1. The number of halogens is 4. The number of hydrogen-bond acceptors (Lipinski definition) is 4. The second-order valence-corrected chi connectivity index (χ2v) is 9.49. The first-order chi connectivity index (χ1) is 14.1. The second-order valence-electron chi connectivity index (χ2n) is 6.34. The zero-order chi connectivity index (χ0) is 21.5. The summed E-state index contributed by atoms with van der Waals surface area (Å²) < 4.78 is 66.8. The number of rotatable bonds is 4. The number of nitrogens with one attached hydrogen (secondary N) is 1. The summed E-state index contributed by atoms with van der Waals surface area (Å²) in [6.07, 6.45) is -4.63. The maximum atomic E-state index is 12.9. The minimum absolute atomic E-state index is 0.223. The highest BCUT2D eigenvalue weighted by Crippen LogP contribution is 2.33. The number of thiazole rings is 1. The van der Waals surface area contributed by atoms with E-state index in [4.69, 9.17) is 11.6 Å². The fraction of sp³-hybridized carbons (Fsp3) is 0.0500. The lowest BCUT2D eigenvalue weighted by Crippen LogP contribution is -2.14. The van der Waals surface area contributed by atoms with Crippen molar-refractivity contribution in [2.24, 2.45) is 0 Å². The molecule has 0 spiro atoms. The molecule has 4 aromatic rings. The lowest BCUT2D eigenvalue weighted by molar-refractivity contribution is -0.137. The molecule has 3 aromatic carbocycles. The Morgan fingerprint density at radius 2 is 1.70 bits per heavy atom. The smallest absolute Gasteiger partial charge is 0.280 e. The van der Waals surface area contributed by atoms with E-state index < -0.39 is 26.7 Å². The van der Waals surface area contributed by atoms with Crippen molar-refractivity contribution in [2.75, 3.05) is 4.72 Å². The van der Waals surface area contributed by atoms with Gasteiger partial charge >= 0.3 is 6.18 Å². The summed E-state index contributed by atoms with van der Waals surface area (Å²) in [5, 5.41) is 1.34. The van der Waals surface area contributed by atoms with Crippen LogP contribution in [0.15, 0.2) is 71.6 Å². The van der Waals surface area contributed by atoms with Gasteiger partial charge in [-0.05, 0) is 60.7 Å². The van der Waals surface area contributed by atoms with E-state index in [1.807, 2.05) is 12.1 Å². The van der Waals surface area contributed by atoms with Crippen LogP contribution in [-0.2, 0) is 16.2 Å². The topological polar surface area (TPSA) is 59.1 Å². The lowest BCUT2D eigenvalue weighted by Gasteiger charge is -2.11. The predicted octanol–water partition coefficient (Wildman–Crippen LogP) is 6.44. The first-order valence-corrected chi connectivity index (χ1v) is 11.2. The Kier molecular flexibility index (Phi) is 5.21. The molecule has 1 N–H and O–H groups in total. The standard InChI is InChI=1S/C20H12ClF3N2O2S2/c21-14-6-9-17-18(11-14)29-19(25-17)12-4-7-15(8-5-12)26-30(27,28)16-3-1-2-13(10-16)20(22,23)24/h1-11,26H. The number of anilines is 1. The minimum Gasteiger partial charge on any atom is -0.280 e. The Balaban J connectivity index is 1.58. The van der Waals surface area contributed by atoms with Crippen LogP contribution < -0.4 is 4.72 Å². The van der Waals surface area contributed by atoms with E-state index in [1.165, 1.54) is 23.5 Å². The molecule has 0 amide bonds. The van der Waals surface area contributed by atoms with Crippen LogP contribution >= 0.6 is 22.9 Å². The van der Waals surface area contributed by atoms with Gasteiger partial charge in [0.2, 0.25) is 0 Å². The van der Waals surface area contributed by atoms with Crippen molar-refractivity contribution in [3.8, 4) is 10.6 Å². The largest absolute Gasteiger partial charge is 0.416 e. The molecule has 0 bridgehead atoms. The van der Waals surface area contributed by atoms with Gasteiger partial charge in [-0.3, -0.25) is 4.72 Å². The van der Waals surface area contributed by atoms with E-state index >= 15 is 0 Å². The van der Waals surface area contributed by atoms with Gasteiger partial charge in [0.05, 0.1) is 20.7 Å². The van der Waals surface area contributed by atoms with E-state index in [0.29, 0.717) is 11.1 Å². The van der Waals surface area contributed by atoms with Gasteiger partial charge in [0.25, 0.3) is 10.0 Å². The third kappa shape index (κ3) is 4.28. The van der Waals surface area contributed by atoms with Crippen LogP contribution in [0.5, 0.6) is 0 Å². The van der Waals surface area contributed by atoms with Gasteiger partial charge in [0.1, 0.15) is 5.01 Å². The van der Waals surface area contributed by atoms with Crippen LogP contribution in [0.1, 0.15) is 5.56 Å². The summed E-state index contributed by atoms with van der Waals surface area (Å²) in [5.74, 6) is 0. The number of sulfonamides is 1. The van der Waals surface area contributed by atoms with Crippen molar-refractivity contribution < 1.29 is 21.6 Å². The molecule has 4 nitrogen and oxygen atoms in total. The van der Waals surface area contributed by atoms with E-state index in [-0.39, 0.29) is 5.69 Å². The number of fused-ring (bicyclic) bond motifs is 1. The van der Waals surface area contributed by atoms with Gasteiger partial charge in [-0.1, -0.05) is 17.7 Å². The van der Waals surface area contributed by atoms with Gasteiger partial charge in [-0.2, -0.15) is 13.2 Å². The predicted molar refractivity (Wildman–Crippen MR) is 112 cm³/mol. The molecular formula is C20H12ClF3N2O2S2. The maximum absolute atomic E-state index is 12.9. The summed E-state index contributed by atoms with van der Waals surface area (Å²) in [4.78, 5) is 4.06. The monoisotopic (exact) mass is 468 g/mol. The average Bonchev–Trinajstić information content (AvgIpc) is 3.11. The highest BCUT2D eigenvalue weighted by molar-refractivity contribution is 7.92. The third-order valence-corrected chi connectivity index (χ3v) is 6.89. The number of nitrogens with zero attached hydrogens (tertiary/aromatic N) is 1.